The largest absolute Gasteiger partial charge is 0.478 e. The zero-order valence-electron chi connectivity index (χ0n) is 15.4. The molecule has 1 rings (SSSR count). The summed E-state index contributed by atoms with van der Waals surface area (Å²) in [6.07, 6.45) is 6.23. The van der Waals surface area contributed by atoms with Gasteiger partial charge in [-0.3, -0.25) is 0 Å². The number of nitrogens with one attached hydrogen (secondary N) is 1. The van der Waals surface area contributed by atoms with Crippen LogP contribution in [0.1, 0.15) is 48.0 Å². The predicted molar refractivity (Wildman–Crippen MR) is 96.3 cm³/mol. The third-order valence-electron chi connectivity index (χ3n) is 3.03. The normalized spacial score (nSPS) is 17.1. The van der Waals surface area contributed by atoms with E-state index < -0.39 is 5.97 Å². The van der Waals surface area contributed by atoms with E-state index in [1.165, 1.54) is 0 Å². The lowest BCUT2D eigenvalue weighted by Crippen LogP contribution is -2.44. The molecule has 0 aliphatic carbocycles. The molecule has 4 heteroatoms. The Morgan fingerprint density at radius 3 is 2.23 bits per heavy atom. The van der Waals surface area contributed by atoms with Crippen LogP contribution >= 0.6 is 0 Å². The van der Waals surface area contributed by atoms with Crippen molar-refractivity contribution in [1.82, 2.24) is 10.2 Å². The van der Waals surface area contributed by atoms with E-state index in [2.05, 4.69) is 17.1 Å². The topological polar surface area (TPSA) is 52.6 Å². The van der Waals surface area contributed by atoms with Crippen molar-refractivity contribution in [3.8, 4) is 0 Å². The van der Waals surface area contributed by atoms with Crippen LogP contribution in [0.15, 0.2) is 23.8 Å². The van der Waals surface area contributed by atoms with Crippen LogP contribution in [0.25, 0.3) is 0 Å². The van der Waals surface area contributed by atoms with Gasteiger partial charge in [-0.15, -0.1) is 0 Å². The first kappa shape index (κ1) is 23.1. The average Bonchev–Trinajstić information content (AvgIpc) is 2.56. The number of rotatable bonds is 6. The van der Waals surface area contributed by atoms with Crippen molar-refractivity contribution in [3.05, 3.63) is 23.8 Å². The Hall–Kier alpha value is -1.13. The Labute approximate surface area is 137 Å². The number of hydrogen-bond donors (Lipinski definition) is 2. The predicted octanol–water partition coefficient (Wildman–Crippen LogP) is 3.56. The average molecular weight is 312 g/mol. The SMILES string of the molecule is CC.CC.CC/C=C(\C=C/C(C)CN1CCNCC1)C(=O)O. The van der Waals surface area contributed by atoms with E-state index in [0.717, 1.165) is 39.1 Å². The number of allylic oxidation sites excluding steroid dienone is 1. The minimum absolute atomic E-state index is 0.378. The van der Waals surface area contributed by atoms with Gasteiger partial charge in [0.2, 0.25) is 0 Å². The Morgan fingerprint density at radius 2 is 1.77 bits per heavy atom. The van der Waals surface area contributed by atoms with Gasteiger partial charge in [0.05, 0.1) is 5.57 Å². The van der Waals surface area contributed by atoms with Crippen molar-refractivity contribution in [2.45, 2.75) is 48.0 Å². The Kier molecular flexibility index (Phi) is 17.1. The van der Waals surface area contributed by atoms with Crippen LogP contribution in [0.2, 0.25) is 0 Å². The summed E-state index contributed by atoms with van der Waals surface area (Å²) >= 11 is 0. The first-order valence-electron chi connectivity index (χ1n) is 8.68. The first-order valence-corrected chi connectivity index (χ1v) is 8.68. The molecule has 1 unspecified atom stereocenters. The molecule has 0 aromatic heterocycles. The molecule has 0 spiro atoms. The van der Waals surface area contributed by atoms with Crippen molar-refractivity contribution >= 4 is 5.97 Å². The summed E-state index contributed by atoms with van der Waals surface area (Å²) in [7, 11) is 0. The van der Waals surface area contributed by atoms with Crippen molar-refractivity contribution in [2.75, 3.05) is 32.7 Å². The van der Waals surface area contributed by atoms with Gasteiger partial charge < -0.3 is 15.3 Å². The highest BCUT2D eigenvalue weighted by atomic mass is 16.4. The molecule has 1 aliphatic rings. The summed E-state index contributed by atoms with van der Waals surface area (Å²) in [5.74, 6) is -0.467. The van der Waals surface area contributed by atoms with Gasteiger partial charge in [-0.2, -0.15) is 0 Å². The highest BCUT2D eigenvalue weighted by Gasteiger charge is 2.11. The number of hydrogen-bond acceptors (Lipinski definition) is 3. The molecule has 1 fully saturated rings. The van der Waals surface area contributed by atoms with E-state index in [1.54, 1.807) is 12.2 Å². The molecule has 22 heavy (non-hydrogen) atoms. The number of carboxylic acid groups (broad SMARTS) is 1. The molecule has 1 saturated heterocycles. The number of carboxylic acids is 1. The van der Waals surface area contributed by atoms with Crippen molar-refractivity contribution in [1.29, 1.82) is 0 Å². The summed E-state index contributed by atoms with van der Waals surface area (Å²) in [6, 6.07) is 0. The van der Waals surface area contributed by atoms with E-state index in [-0.39, 0.29) is 0 Å². The Balaban J connectivity index is 0. The minimum atomic E-state index is -0.845. The van der Waals surface area contributed by atoms with Gasteiger partial charge in [0.25, 0.3) is 0 Å². The maximum absolute atomic E-state index is 11.0. The summed E-state index contributed by atoms with van der Waals surface area (Å²) in [5, 5.41) is 12.3. The van der Waals surface area contributed by atoms with Gasteiger partial charge in [-0.1, -0.05) is 59.8 Å². The molecule has 2 N–H and O–H groups in total. The molecule has 1 aliphatic heterocycles. The summed E-state index contributed by atoms with van der Waals surface area (Å²) in [4.78, 5) is 13.4. The maximum Gasteiger partial charge on any atom is 0.335 e. The second kappa shape index (κ2) is 16.2. The number of aliphatic carboxylic acids is 1. The van der Waals surface area contributed by atoms with E-state index in [9.17, 15) is 4.79 Å². The van der Waals surface area contributed by atoms with Crippen LogP contribution in [0.3, 0.4) is 0 Å². The van der Waals surface area contributed by atoms with E-state index in [4.69, 9.17) is 5.11 Å². The molecule has 1 atom stereocenters. The van der Waals surface area contributed by atoms with Crippen molar-refractivity contribution in [2.24, 2.45) is 5.92 Å². The number of carbonyl (C=O) groups is 1. The molecule has 130 valence electrons. The Morgan fingerprint density at radius 1 is 1.23 bits per heavy atom. The third-order valence-corrected chi connectivity index (χ3v) is 3.03. The monoisotopic (exact) mass is 312 g/mol. The van der Waals surface area contributed by atoms with Gasteiger partial charge in [0.1, 0.15) is 0 Å². The van der Waals surface area contributed by atoms with Gasteiger partial charge in [-0.25, -0.2) is 4.79 Å². The van der Waals surface area contributed by atoms with Gasteiger partial charge >= 0.3 is 5.97 Å². The van der Waals surface area contributed by atoms with E-state index >= 15 is 0 Å². The fourth-order valence-electron chi connectivity index (χ4n) is 2.08. The third kappa shape index (κ3) is 11.5. The molecule has 0 saturated carbocycles. The van der Waals surface area contributed by atoms with Gasteiger partial charge in [0, 0.05) is 32.7 Å². The number of nitrogens with zero attached hydrogens (tertiary/aromatic N) is 1. The summed E-state index contributed by atoms with van der Waals surface area (Å²) < 4.78 is 0. The molecule has 0 bridgehead atoms. The van der Waals surface area contributed by atoms with Crippen LogP contribution in [-0.2, 0) is 4.79 Å². The van der Waals surface area contributed by atoms with E-state index in [1.807, 2.05) is 40.7 Å². The fraction of sp³-hybridized carbons (Fsp3) is 0.722. The molecule has 0 aromatic carbocycles. The molecule has 0 amide bonds. The van der Waals surface area contributed by atoms with Crippen LogP contribution in [0.5, 0.6) is 0 Å². The van der Waals surface area contributed by atoms with Gasteiger partial charge in [0.15, 0.2) is 0 Å². The Bertz CT molecular complexity index is 319. The highest BCUT2D eigenvalue weighted by Crippen LogP contribution is 2.07. The minimum Gasteiger partial charge on any atom is -0.478 e. The van der Waals surface area contributed by atoms with Gasteiger partial charge in [-0.05, 0) is 12.3 Å². The van der Waals surface area contributed by atoms with Crippen molar-refractivity contribution < 1.29 is 9.90 Å². The summed E-state index contributed by atoms with van der Waals surface area (Å²) in [5.41, 5.74) is 0.393. The number of piperazine rings is 1. The molecular weight excluding hydrogens is 276 g/mol. The molecule has 0 aromatic rings. The molecule has 0 radical (unpaired) electrons. The molecule has 1 heterocycles. The highest BCUT2D eigenvalue weighted by molar-refractivity contribution is 5.89. The standard InChI is InChI=1S/C14H24N2O2.2C2H6/c1-3-4-13(14(17)18)6-5-12(2)11-16-9-7-15-8-10-16;2*1-2/h4-6,12,15H,3,7-11H2,1-2H3,(H,17,18);2*1-2H3/b6-5-,13-4+;;. The second-order valence-corrected chi connectivity index (χ2v) is 4.76. The second-order valence-electron chi connectivity index (χ2n) is 4.76. The fourth-order valence-corrected chi connectivity index (χ4v) is 2.08. The molecular formula is C18H36N2O2. The zero-order chi connectivity index (χ0) is 17.4. The van der Waals surface area contributed by atoms with Crippen molar-refractivity contribution in [3.63, 3.8) is 0 Å². The van der Waals surface area contributed by atoms with Crippen LogP contribution in [-0.4, -0.2) is 48.7 Å². The van der Waals surface area contributed by atoms with Crippen LogP contribution in [0, 0.1) is 5.92 Å². The first-order chi connectivity index (χ1) is 10.6. The zero-order valence-corrected chi connectivity index (χ0v) is 15.4. The van der Waals surface area contributed by atoms with Crippen LogP contribution < -0.4 is 5.32 Å². The summed E-state index contributed by atoms with van der Waals surface area (Å²) in [6.45, 7) is 17.3. The lowest BCUT2D eigenvalue weighted by atomic mass is 10.1. The lowest BCUT2D eigenvalue weighted by molar-refractivity contribution is -0.132. The molecule has 4 nitrogen and oxygen atoms in total. The smallest absolute Gasteiger partial charge is 0.335 e. The van der Waals surface area contributed by atoms with E-state index in [0.29, 0.717) is 11.5 Å². The van der Waals surface area contributed by atoms with Crippen LogP contribution in [0.4, 0.5) is 0 Å². The maximum atomic E-state index is 11.0. The quantitative estimate of drug-likeness (QED) is 0.581. The lowest BCUT2D eigenvalue weighted by Gasteiger charge is -2.28.